The number of nitrogens with two attached hydrogens (primary N) is 1. The minimum Gasteiger partial charge on any atom is -0.351 e. The van der Waals surface area contributed by atoms with Crippen LogP contribution in [0.3, 0.4) is 0 Å². The van der Waals surface area contributed by atoms with Gasteiger partial charge >= 0.3 is 0 Å². The molecule has 0 saturated heterocycles. The minimum absolute atomic E-state index is 0.0933. The van der Waals surface area contributed by atoms with Crippen LogP contribution >= 0.6 is 0 Å². The van der Waals surface area contributed by atoms with E-state index in [0.29, 0.717) is 11.3 Å². The summed E-state index contributed by atoms with van der Waals surface area (Å²) in [6.07, 6.45) is 0.236. The van der Waals surface area contributed by atoms with E-state index in [-0.39, 0.29) is 30.3 Å². The van der Waals surface area contributed by atoms with Crippen LogP contribution in [0.1, 0.15) is 43.1 Å². The third-order valence-corrected chi connectivity index (χ3v) is 2.73. The number of hydrogen-bond donors (Lipinski definition) is 4. The Morgan fingerprint density at radius 3 is 2.48 bits per heavy atom. The molecule has 0 heterocycles. The van der Waals surface area contributed by atoms with Gasteiger partial charge in [0.05, 0.1) is 11.3 Å². The Morgan fingerprint density at radius 1 is 1.24 bits per heavy atom. The largest absolute Gasteiger partial charge is 0.351 e. The molecule has 0 fully saturated rings. The Balaban J connectivity index is 2.55. The van der Waals surface area contributed by atoms with Gasteiger partial charge in [0, 0.05) is 18.5 Å². The number of anilines is 1. The average molecular weight is 292 g/mol. The second-order valence-corrected chi connectivity index (χ2v) is 6.00. The first-order valence-corrected chi connectivity index (χ1v) is 6.89. The van der Waals surface area contributed by atoms with Crippen molar-refractivity contribution in [2.75, 3.05) is 12.0 Å². The maximum absolute atomic E-state index is 12.1. The number of carbonyl (C=O) groups is 2. The summed E-state index contributed by atoms with van der Waals surface area (Å²) in [4.78, 5) is 23.8. The van der Waals surface area contributed by atoms with Gasteiger partial charge < -0.3 is 16.1 Å². The van der Waals surface area contributed by atoms with Crippen molar-refractivity contribution in [3.8, 4) is 0 Å². The predicted molar refractivity (Wildman–Crippen MR) is 83.8 cm³/mol. The van der Waals surface area contributed by atoms with Gasteiger partial charge in [-0.2, -0.15) is 0 Å². The maximum atomic E-state index is 12.1. The molecule has 0 aromatic heterocycles. The summed E-state index contributed by atoms with van der Waals surface area (Å²) in [6.45, 7) is 7.91. The molecular weight excluding hydrogens is 268 g/mol. The Labute approximate surface area is 125 Å². The number of amides is 2. The smallest absolute Gasteiger partial charge is 0.253 e. The summed E-state index contributed by atoms with van der Waals surface area (Å²) in [5.74, 6) is 5.04. The van der Waals surface area contributed by atoms with Crippen LogP contribution < -0.4 is 21.9 Å². The van der Waals surface area contributed by atoms with Gasteiger partial charge in [-0.1, -0.05) is 11.6 Å². The van der Waals surface area contributed by atoms with Crippen molar-refractivity contribution in [2.45, 2.75) is 39.7 Å². The minimum atomic E-state index is -0.270. The molecule has 0 aliphatic heterocycles. The molecule has 116 valence electrons. The normalized spacial score (nSPS) is 10.9. The molecule has 1 rings (SSSR count). The van der Waals surface area contributed by atoms with Crippen molar-refractivity contribution >= 4 is 17.5 Å². The van der Waals surface area contributed by atoms with Crippen LogP contribution in [-0.2, 0) is 4.79 Å². The quantitative estimate of drug-likeness (QED) is 0.486. The highest BCUT2D eigenvalue weighted by molar-refractivity contribution is 5.99. The van der Waals surface area contributed by atoms with Crippen LogP contribution in [0.4, 0.5) is 5.69 Å². The summed E-state index contributed by atoms with van der Waals surface area (Å²) >= 11 is 0. The lowest BCUT2D eigenvalue weighted by Gasteiger charge is -2.20. The molecule has 0 unspecified atom stereocenters. The number of benzene rings is 1. The summed E-state index contributed by atoms with van der Waals surface area (Å²) in [5.41, 5.74) is 4.21. The van der Waals surface area contributed by atoms with E-state index in [1.807, 2.05) is 33.8 Å². The number of nitrogens with one attached hydrogen (secondary N) is 3. The first kappa shape index (κ1) is 17.0. The molecule has 0 radical (unpaired) electrons. The highest BCUT2D eigenvalue weighted by atomic mass is 16.2. The highest BCUT2D eigenvalue weighted by Gasteiger charge is 2.15. The summed E-state index contributed by atoms with van der Waals surface area (Å²) in [7, 11) is 0. The molecule has 5 N–H and O–H groups in total. The van der Waals surface area contributed by atoms with Crippen LogP contribution in [0.25, 0.3) is 0 Å². The van der Waals surface area contributed by atoms with E-state index in [1.54, 1.807) is 12.1 Å². The zero-order chi connectivity index (χ0) is 16.0. The standard InChI is InChI=1S/C15H24N4O2/c1-10-5-6-12(19-16)11(9-10)14(21)17-8-7-13(20)18-15(2,3)4/h5-6,9,19H,7-8,16H2,1-4H3,(H,17,21)(H,18,20). The van der Waals surface area contributed by atoms with Gasteiger partial charge in [0.1, 0.15) is 0 Å². The molecule has 21 heavy (non-hydrogen) atoms. The van der Waals surface area contributed by atoms with Gasteiger partial charge in [-0.3, -0.25) is 15.4 Å². The average Bonchev–Trinajstić information content (AvgIpc) is 2.36. The summed E-state index contributed by atoms with van der Waals surface area (Å²) < 4.78 is 0. The first-order valence-electron chi connectivity index (χ1n) is 6.89. The molecular formula is C15H24N4O2. The SMILES string of the molecule is Cc1ccc(NN)c(C(=O)NCCC(=O)NC(C)(C)C)c1. The number of hydrogen-bond acceptors (Lipinski definition) is 4. The Morgan fingerprint density at radius 2 is 1.90 bits per heavy atom. The highest BCUT2D eigenvalue weighted by Crippen LogP contribution is 2.16. The van der Waals surface area contributed by atoms with E-state index in [0.717, 1.165) is 5.56 Å². The molecule has 1 aromatic rings. The van der Waals surface area contributed by atoms with Gasteiger partial charge in [0.2, 0.25) is 5.91 Å². The molecule has 0 aliphatic rings. The van der Waals surface area contributed by atoms with Crippen molar-refractivity contribution in [1.82, 2.24) is 10.6 Å². The van der Waals surface area contributed by atoms with E-state index in [2.05, 4.69) is 16.1 Å². The number of nitrogen functional groups attached to an aromatic ring is 1. The van der Waals surface area contributed by atoms with E-state index >= 15 is 0 Å². The molecule has 0 saturated carbocycles. The number of carbonyl (C=O) groups excluding carboxylic acids is 2. The molecule has 2 amide bonds. The van der Waals surface area contributed by atoms with Crippen LogP contribution in [0.2, 0.25) is 0 Å². The fraction of sp³-hybridized carbons (Fsp3) is 0.467. The molecule has 0 atom stereocenters. The molecule has 1 aromatic carbocycles. The Hall–Kier alpha value is -2.08. The second kappa shape index (κ2) is 7.08. The topological polar surface area (TPSA) is 96.2 Å². The van der Waals surface area contributed by atoms with Crippen molar-refractivity contribution < 1.29 is 9.59 Å². The van der Waals surface area contributed by atoms with E-state index < -0.39 is 0 Å². The van der Waals surface area contributed by atoms with Gasteiger partial charge in [0.25, 0.3) is 5.91 Å². The van der Waals surface area contributed by atoms with Crippen LogP contribution in [0, 0.1) is 6.92 Å². The van der Waals surface area contributed by atoms with Crippen molar-refractivity contribution in [2.24, 2.45) is 5.84 Å². The Bertz CT molecular complexity index is 521. The summed E-state index contributed by atoms with van der Waals surface area (Å²) in [5, 5.41) is 5.56. The lowest BCUT2D eigenvalue weighted by atomic mass is 10.1. The van der Waals surface area contributed by atoms with Gasteiger partial charge in [-0.25, -0.2) is 0 Å². The third kappa shape index (κ3) is 5.83. The van der Waals surface area contributed by atoms with Crippen molar-refractivity contribution in [3.05, 3.63) is 29.3 Å². The lowest BCUT2D eigenvalue weighted by Crippen LogP contribution is -2.42. The summed E-state index contributed by atoms with van der Waals surface area (Å²) in [6, 6.07) is 5.36. The van der Waals surface area contributed by atoms with E-state index in [4.69, 9.17) is 5.84 Å². The van der Waals surface area contributed by atoms with Gasteiger partial charge in [0.15, 0.2) is 0 Å². The van der Waals surface area contributed by atoms with Crippen LogP contribution in [-0.4, -0.2) is 23.9 Å². The van der Waals surface area contributed by atoms with Gasteiger partial charge in [-0.05, 0) is 39.8 Å². The number of aryl methyl sites for hydroxylation is 1. The maximum Gasteiger partial charge on any atom is 0.253 e. The van der Waals surface area contributed by atoms with Crippen molar-refractivity contribution in [1.29, 1.82) is 0 Å². The fourth-order valence-corrected chi connectivity index (χ4v) is 1.84. The molecule has 6 nitrogen and oxygen atoms in total. The number of hydrazine groups is 1. The third-order valence-electron chi connectivity index (χ3n) is 2.73. The lowest BCUT2D eigenvalue weighted by molar-refractivity contribution is -0.122. The zero-order valence-corrected chi connectivity index (χ0v) is 13.0. The van der Waals surface area contributed by atoms with Gasteiger partial charge in [-0.15, -0.1) is 0 Å². The van der Waals surface area contributed by atoms with Crippen molar-refractivity contribution in [3.63, 3.8) is 0 Å². The van der Waals surface area contributed by atoms with E-state index in [1.165, 1.54) is 0 Å². The second-order valence-electron chi connectivity index (χ2n) is 6.00. The zero-order valence-electron chi connectivity index (χ0n) is 13.0. The molecule has 0 bridgehead atoms. The molecule has 0 spiro atoms. The monoisotopic (exact) mass is 292 g/mol. The fourth-order valence-electron chi connectivity index (χ4n) is 1.84. The van der Waals surface area contributed by atoms with Crippen LogP contribution in [0.5, 0.6) is 0 Å². The molecule has 0 aliphatic carbocycles. The predicted octanol–water partition coefficient (Wildman–Crippen LogP) is 1.32. The number of rotatable bonds is 5. The first-order chi connectivity index (χ1) is 9.73. The van der Waals surface area contributed by atoms with Crippen LogP contribution in [0.15, 0.2) is 18.2 Å². The Kier molecular flexibility index (Phi) is 5.72. The van der Waals surface area contributed by atoms with E-state index in [9.17, 15) is 9.59 Å². The molecule has 6 heteroatoms.